The number of aromatic nitrogens is 3. The Balaban J connectivity index is 2.03. The topological polar surface area (TPSA) is 94.4 Å². The average Bonchev–Trinajstić information content (AvgIpc) is 3.14. The number of anilines is 2. The second-order valence-corrected chi connectivity index (χ2v) is 11.1. The van der Waals surface area contributed by atoms with E-state index >= 15 is 0 Å². The predicted octanol–water partition coefficient (Wildman–Crippen LogP) is 5.54. The summed E-state index contributed by atoms with van der Waals surface area (Å²) in [6.45, 7) is 17.4. The molecule has 31 heavy (non-hydrogen) atoms. The fourth-order valence-corrected chi connectivity index (χ4v) is 4.19. The zero-order valence-corrected chi connectivity index (χ0v) is 19.8. The van der Waals surface area contributed by atoms with E-state index in [9.17, 15) is 9.90 Å². The van der Waals surface area contributed by atoms with Gasteiger partial charge in [0, 0.05) is 17.2 Å². The number of hydrogen-bond acceptors (Lipinski definition) is 4. The third-order valence-electron chi connectivity index (χ3n) is 4.99. The number of carbonyl (C=O) groups is 1. The highest BCUT2D eigenvalue weighted by Gasteiger charge is 2.32. The zero-order valence-electron chi connectivity index (χ0n) is 19.8. The van der Waals surface area contributed by atoms with E-state index in [0.29, 0.717) is 16.9 Å². The predicted molar refractivity (Wildman–Crippen MR) is 126 cm³/mol. The molecule has 0 aliphatic heterocycles. The summed E-state index contributed by atoms with van der Waals surface area (Å²) in [5.74, 6) is 0.546. The molecule has 4 N–H and O–H groups in total. The first-order chi connectivity index (χ1) is 14.2. The number of H-pyrrole nitrogens is 1. The summed E-state index contributed by atoms with van der Waals surface area (Å²) >= 11 is 0. The maximum absolute atomic E-state index is 13.0. The minimum atomic E-state index is -0.335. The van der Waals surface area contributed by atoms with Gasteiger partial charge < -0.3 is 15.7 Å². The molecule has 0 atom stereocenters. The van der Waals surface area contributed by atoms with E-state index in [1.165, 1.54) is 6.07 Å². The van der Waals surface area contributed by atoms with Crippen LogP contribution in [0, 0.1) is 5.41 Å². The van der Waals surface area contributed by atoms with Crippen LogP contribution in [0.4, 0.5) is 11.5 Å². The van der Waals surface area contributed by atoms with Gasteiger partial charge in [-0.15, -0.1) is 0 Å². The van der Waals surface area contributed by atoms with Gasteiger partial charge in [-0.3, -0.25) is 9.89 Å². The number of fused-ring (bicyclic) bond motifs is 1. The van der Waals surface area contributed by atoms with E-state index < -0.39 is 0 Å². The quantitative estimate of drug-likeness (QED) is 0.403. The van der Waals surface area contributed by atoms with Crippen molar-refractivity contribution >= 4 is 23.1 Å². The van der Waals surface area contributed by atoms with Gasteiger partial charge >= 0.3 is 0 Å². The van der Waals surface area contributed by atoms with Crippen LogP contribution in [0.25, 0.3) is 5.65 Å². The molecule has 0 bridgehead atoms. The number of aromatic amines is 1. The first-order valence-corrected chi connectivity index (χ1v) is 10.7. The number of amides is 1. The molecule has 168 valence electrons. The zero-order chi connectivity index (χ0) is 23.2. The van der Waals surface area contributed by atoms with Crippen molar-refractivity contribution in [1.82, 2.24) is 14.6 Å². The van der Waals surface area contributed by atoms with Crippen molar-refractivity contribution in [3.63, 3.8) is 0 Å². The van der Waals surface area contributed by atoms with Crippen LogP contribution in [0.3, 0.4) is 0 Å². The Hall–Kier alpha value is -2.96. The van der Waals surface area contributed by atoms with Crippen molar-refractivity contribution < 1.29 is 9.90 Å². The van der Waals surface area contributed by atoms with E-state index in [1.54, 1.807) is 24.4 Å². The third-order valence-corrected chi connectivity index (χ3v) is 4.99. The van der Waals surface area contributed by atoms with Gasteiger partial charge in [-0.05, 0) is 37.8 Å². The van der Waals surface area contributed by atoms with Gasteiger partial charge in [0.1, 0.15) is 11.3 Å². The van der Waals surface area contributed by atoms with E-state index in [-0.39, 0.29) is 28.0 Å². The number of nitrogens with zero attached hydrogens (tertiary/aromatic N) is 2. The van der Waals surface area contributed by atoms with E-state index in [4.69, 9.17) is 4.98 Å². The van der Waals surface area contributed by atoms with Gasteiger partial charge in [0.05, 0.1) is 11.4 Å². The number of benzene rings is 1. The van der Waals surface area contributed by atoms with Crippen LogP contribution in [0.2, 0.25) is 0 Å². The first-order valence-electron chi connectivity index (χ1n) is 10.7. The number of nitrogens with one attached hydrogen (secondary N) is 3. The lowest BCUT2D eigenvalue weighted by atomic mass is 9.81. The Labute approximate surface area is 184 Å². The number of para-hydroxylation sites is 2. The number of hydrogen-bond donors (Lipinski definition) is 4. The fourth-order valence-electron chi connectivity index (χ4n) is 4.19. The summed E-state index contributed by atoms with van der Waals surface area (Å²) in [7, 11) is 0. The molecular formula is C24H35N5O2. The van der Waals surface area contributed by atoms with Gasteiger partial charge in [-0.2, -0.15) is 0 Å². The standard InChI is InChI=1S/C24H35N5O2/c1-22(2,3)14-24(7,8)28-20-18(23(4,5)6)27-19-15(13-25-29(19)20)21(31)26-16-11-9-10-12-17(16)30/h9-13,25,28,30H,14H2,1-8H3,(H,26,31). The molecule has 0 radical (unpaired) electrons. The van der Waals surface area contributed by atoms with Crippen molar-refractivity contribution in [3.05, 3.63) is 41.7 Å². The molecule has 0 aliphatic carbocycles. The van der Waals surface area contributed by atoms with Crippen LogP contribution in [0.5, 0.6) is 5.75 Å². The van der Waals surface area contributed by atoms with Crippen LogP contribution < -0.4 is 10.6 Å². The maximum Gasteiger partial charge on any atom is 0.261 e. The SMILES string of the molecule is CC(C)(C)CC(C)(C)Nc1c(C(C)(C)C)nc2c(C(=O)Nc3ccccc3O)c[nH]n12. The summed E-state index contributed by atoms with van der Waals surface area (Å²) in [5, 5.41) is 19.6. The molecule has 2 aromatic heterocycles. The summed E-state index contributed by atoms with van der Waals surface area (Å²) in [4.78, 5) is 17.8. The van der Waals surface area contributed by atoms with Crippen molar-refractivity contribution in [1.29, 1.82) is 0 Å². The Kier molecular flexibility index (Phi) is 5.59. The molecule has 3 rings (SSSR count). The molecule has 2 heterocycles. The van der Waals surface area contributed by atoms with Crippen LogP contribution in [0.15, 0.2) is 30.5 Å². The smallest absolute Gasteiger partial charge is 0.261 e. The largest absolute Gasteiger partial charge is 0.506 e. The molecular weight excluding hydrogens is 390 g/mol. The molecule has 0 unspecified atom stereocenters. The Morgan fingerprint density at radius 2 is 1.74 bits per heavy atom. The van der Waals surface area contributed by atoms with Gasteiger partial charge in [-0.1, -0.05) is 53.7 Å². The van der Waals surface area contributed by atoms with Crippen molar-refractivity contribution in [2.24, 2.45) is 5.41 Å². The molecule has 0 aliphatic rings. The molecule has 1 amide bonds. The monoisotopic (exact) mass is 425 g/mol. The highest BCUT2D eigenvalue weighted by molar-refractivity contribution is 6.09. The van der Waals surface area contributed by atoms with Crippen molar-refractivity contribution in [3.8, 4) is 5.75 Å². The lowest BCUT2D eigenvalue weighted by Gasteiger charge is -2.34. The van der Waals surface area contributed by atoms with Crippen LogP contribution in [0.1, 0.15) is 77.9 Å². The van der Waals surface area contributed by atoms with Gasteiger partial charge in [-0.25, -0.2) is 9.50 Å². The average molecular weight is 426 g/mol. The number of rotatable bonds is 5. The molecule has 3 aromatic rings. The molecule has 0 saturated carbocycles. The van der Waals surface area contributed by atoms with Gasteiger partial charge in [0.2, 0.25) is 0 Å². The number of aromatic hydroxyl groups is 1. The highest BCUT2D eigenvalue weighted by Crippen LogP contribution is 2.35. The van der Waals surface area contributed by atoms with Crippen molar-refractivity contribution in [2.45, 2.75) is 72.8 Å². The summed E-state index contributed by atoms with van der Waals surface area (Å²) in [5.41, 5.74) is 1.95. The lowest BCUT2D eigenvalue weighted by Crippen LogP contribution is -2.36. The van der Waals surface area contributed by atoms with Crippen LogP contribution in [-0.2, 0) is 5.41 Å². The van der Waals surface area contributed by atoms with Gasteiger partial charge in [0.25, 0.3) is 5.91 Å². The lowest BCUT2D eigenvalue weighted by molar-refractivity contribution is 0.102. The van der Waals surface area contributed by atoms with Crippen LogP contribution >= 0.6 is 0 Å². The highest BCUT2D eigenvalue weighted by atomic mass is 16.3. The van der Waals surface area contributed by atoms with E-state index in [0.717, 1.165) is 17.9 Å². The number of carbonyl (C=O) groups excluding carboxylic acids is 1. The minimum absolute atomic E-state index is 0.0208. The second kappa shape index (κ2) is 7.62. The molecule has 1 aromatic carbocycles. The molecule has 0 saturated heterocycles. The van der Waals surface area contributed by atoms with Gasteiger partial charge in [0.15, 0.2) is 11.5 Å². The number of phenols is 1. The number of phenolic OH excluding ortho intramolecular Hbond substituents is 1. The molecule has 7 heteroatoms. The van der Waals surface area contributed by atoms with E-state index in [2.05, 4.69) is 71.1 Å². The molecule has 0 spiro atoms. The molecule has 0 fully saturated rings. The fraction of sp³-hybridized carbons (Fsp3) is 0.500. The summed E-state index contributed by atoms with van der Waals surface area (Å²) in [6.07, 6.45) is 2.60. The molecule has 7 nitrogen and oxygen atoms in total. The minimum Gasteiger partial charge on any atom is -0.506 e. The van der Waals surface area contributed by atoms with E-state index in [1.807, 2.05) is 4.52 Å². The normalized spacial score (nSPS) is 12.9. The van der Waals surface area contributed by atoms with Crippen LogP contribution in [-0.4, -0.2) is 31.2 Å². The third kappa shape index (κ3) is 5.03. The Morgan fingerprint density at radius 3 is 2.32 bits per heavy atom. The first kappa shape index (κ1) is 22.7. The second-order valence-electron chi connectivity index (χ2n) is 11.1. The number of imidazole rings is 1. The summed E-state index contributed by atoms with van der Waals surface area (Å²) in [6, 6.07) is 6.66. The Morgan fingerprint density at radius 1 is 1.10 bits per heavy atom. The van der Waals surface area contributed by atoms with Crippen molar-refractivity contribution in [2.75, 3.05) is 10.6 Å². The Bertz CT molecular complexity index is 1090. The summed E-state index contributed by atoms with van der Waals surface area (Å²) < 4.78 is 1.84. The maximum atomic E-state index is 13.0.